The molecule has 1 heterocycles. The molecule has 4 heteroatoms. The third kappa shape index (κ3) is 1.64. The van der Waals surface area contributed by atoms with Gasteiger partial charge in [0.15, 0.2) is 0 Å². The fourth-order valence-corrected chi connectivity index (χ4v) is 2.23. The Bertz CT molecular complexity index is 221. The van der Waals surface area contributed by atoms with Gasteiger partial charge in [0.2, 0.25) is 5.91 Å². The van der Waals surface area contributed by atoms with Crippen molar-refractivity contribution < 1.29 is 14.6 Å². The zero-order valence-corrected chi connectivity index (χ0v) is 8.48. The molecule has 1 N–H and O–H groups in total. The average Bonchev–Trinajstić information content (AvgIpc) is 2.89. The Morgan fingerprint density at radius 1 is 1.50 bits per heavy atom. The van der Waals surface area contributed by atoms with Crippen molar-refractivity contribution in [3.8, 4) is 0 Å². The molecule has 0 aromatic heterocycles. The van der Waals surface area contributed by atoms with Crippen LogP contribution in [0.3, 0.4) is 0 Å². The van der Waals surface area contributed by atoms with Crippen LogP contribution in [0, 0.1) is 17.8 Å². The SMILES string of the molecule is C[C@@H]1[C@H](CO)[C@@H]1C(=O)N1CCOCC1. The lowest BCUT2D eigenvalue weighted by atomic mass is 10.2. The summed E-state index contributed by atoms with van der Waals surface area (Å²) in [4.78, 5) is 13.8. The summed E-state index contributed by atoms with van der Waals surface area (Å²) >= 11 is 0. The Morgan fingerprint density at radius 3 is 2.64 bits per heavy atom. The highest BCUT2D eigenvalue weighted by atomic mass is 16.5. The molecule has 2 rings (SSSR count). The zero-order chi connectivity index (χ0) is 10.1. The quantitative estimate of drug-likeness (QED) is 0.665. The van der Waals surface area contributed by atoms with E-state index in [1.807, 2.05) is 11.8 Å². The van der Waals surface area contributed by atoms with Gasteiger partial charge < -0.3 is 14.7 Å². The van der Waals surface area contributed by atoms with Crippen LogP contribution in [-0.4, -0.2) is 48.8 Å². The maximum atomic E-state index is 11.9. The van der Waals surface area contributed by atoms with Gasteiger partial charge in [-0.3, -0.25) is 4.79 Å². The number of carbonyl (C=O) groups is 1. The van der Waals surface area contributed by atoms with Crippen molar-refractivity contribution in [2.75, 3.05) is 32.9 Å². The van der Waals surface area contributed by atoms with Gasteiger partial charge in [-0.2, -0.15) is 0 Å². The molecule has 1 amide bonds. The summed E-state index contributed by atoms with van der Waals surface area (Å²) < 4.78 is 5.19. The summed E-state index contributed by atoms with van der Waals surface area (Å²) in [6, 6.07) is 0. The Labute approximate surface area is 83.8 Å². The van der Waals surface area contributed by atoms with E-state index in [0.717, 1.165) is 0 Å². The first-order valence-corrected chi connectivity index (χ1v) is 5.23. The summed E-state index contributed by atoms with van der Waals surface area (Å²) in [6.45, 7) is 4.89. The van der Waals surface area contributed by atoms with Crippen LogP contribution in [0.2, 0.25) is 0 Å². The number of morpholine rings is 1. The molecule has 14 heavy (non-hydrogen) atoms. The number of hydrogen-bond acceptors (Lipinski definition) is 3. The maximum Gasteiger partial charge on any atom is 0.226 e. The van der Waals surface area contributed by atoms with Crippen molar-refractivity contribution in [2.24, 2.45) is 17.8 Å². The number of aliphatic hydroxyl groups excluding tert-OH is 1. The molecule has 2 fully saturated rings. The molecule has 0 spiro atoms. The third-order valence-corrected chi connectivity index (χ3v) is 3.38. The van der Waals surface area contributed by atoms with Crippen LogP contribution in [0.4, 0.5) is 0 Å². The van der Waals surface area contributed by atoms with Crippen LogP contribution in [0.5, 0.6) is 0 Å². The molecule has 3 atom stereocenters. The molecular weight excluding hydrogens is 182 g/mol. The molecule has 1 saturated heterocycles. The lowest BCUT2D eigenvalue weighted by Gasteiger charge is -2.27. The van der Waals surface area contributed by atoms with E-state index >= 15 is 0 Å². The number of carbonyl (C=O) groups excluding carboxylic acids is 1. The Hall–Kier alpha value is -0.610. The number of nitrogens with zero attached hydrogens (tertiary/aromatic N) is 1. The summed E-state index contributed by atoms with van der Waals surface area (Å²) in [5, 5.41) is 9.00. The summed E-state index contributed by atoms with van der Waals surface area (Å²) in [7, 11) is 0. The summed E-state index contributed by atoms with van der Waals surface area (Å²) in [5.74, 6) is 0.832. The second-order valence-corrected chi connectivity index (χ2v) is 4.17. The first-order valence-electron chi connectivity index (χ1n) is 5.23. The highest BCUT2D eigenvalue weighted by Crippen LogP contribution is 2.46. The van der Waals surface area contributed by atoms with Crippen LogP contribution in [0.1, 0.15) is 6.92 Å². The standard InChI is InChI=1S/C10H17NO3/c1-7-8(6-12)9(7)10(13)11-2-4-14-5-3-11/h7-9,12H,2-6H2,1H3/t7-,8+,9-/m1/s1. The maximum absolute atomic E-state index is 11.9. The molecule has 4 nitrogen and oxygen atoms in total. The molecule has 0 bridgehead atoms. The van der Waals surface area contributed by atoms with E-state index in [1.165, 1.54) is 0 Å². The van der Waals surface area contributed by atoms with Gasteiger partial charge in [0, 0.05) is 25.6 Å². The molecule has 0 aromatic carbocycles. The number of aliphatic hydroxyl groups is 1. The molecular formula is C10H17NO3. The predicted molar refractivity (Wildman–Crippen MR) is 50.6 cm³/mol. The second-order valence-electron chi connectivity index (χ2n) is 4.17. The molecule has 80 valence electrons. The predicted octanol–water partition coefficient (Wildman–Crippen LogP) is -0.280. The monoisotopic (exact) mass is 199 g/mol. The molecule has 0 radical (unpaired) electrons. The van der Waals surface area contributed by atoms with E-state index in [-0.39, 0.29) is 24.3 Å². The molecule has 2 aliphatic rings. The number of ether oxygens (including phenoxy) is 1. The minimum Gasteiger partial charge on any atom is -0.396 e. The van der Waals surface area contributed by atoms with Crippen LogP contribution in [0.25, 0.3) is 0 Å². The fraction of sp³-hybridized carbons (Fsp3) is 0.900. The molecule has 1 saturated carbocycles. The lowest BCUT2D eigenvalue weighted by molar-refractivity contribution is -0.137. The van der Waals surface area contributed by atoms with Crippen molar-refractivity contribution in [3.63, 3.8) is 0 Å². The van der Waals surface area contributed by atoms with Crippen LogP contribution in [-0.2, 0) is 9.53 Å². The van der Waals surface area contributed by atoms with E-state index in [0.29, 0.717) is 32.2 Å². The van der Waals surface area contributed by atoms with Crippen molar-refractivity contribution in [1.82, 2.24) is 4.90 Å². The number of rotatable bonds is 2. The highest BCUT2D eigenvalue weighted by Gasteiger charge is 2.52. The van der Waals surface area contributed by atoms with E-state index in [1.54, 1.807) is 0 Å². The number of hydrogen-bond donors (Lipinski definition) is 1. The van der Waals surface area contributed by atoms with Gasteiger partial charge in [-0.25, -0.2) is 0 Å². The van der Waals surface area contributed by atoms with Crippen LogP contribution in [0.15, 0.2) is 0 Å². The first-order chi connectivity index (χ1) is 6.75. The Balaban J connectivity index is 1.89. The van der Waals surface area contributed by atoms with Crippen molar-refractivity contribution >= 4 is 5.91 Å². The van der Waals surface area contributed by atoms with E-state index in [9.17, 15) is 4.79 Å². The van der Waals surface area contributed by atoms with Crippen LogP contribution >= 0.6 is 0 Å². The number of amides is 1. The van der Waals surface area contributed by atoms with Gasteiger partial charge in [0.25, 0.3) is 0 Å². The van der Waals surface area contributed by atoms with E-state index in [2.05, 4.69) is 0 Å². The molecule has 1 aliphatic heterocycles. The molecule has 0 aromatic rings. The highest BCUT2D eigenvalue weighted by molar-refractivity contribution is 5.82. The minimum atomic E-state index is 0.0677. The van der Waals surface area contributed by atoms with Gasteiger partial charge >= 0.3 is 0 Å². The smallest absolute Gasteiger partial charge is 0.226 e. The van der Waals surface area contributed by atoms with E-state index < -0.39 is 0 Å². The average molecular weight is 199 g/mol. The van der Waals surface area contributed by atoms with Gasteiger partial charge in [0.1, 0.15) is 0 Å². The minimum absolute atomic E-state index is 0.0677. The van der Waals surface area contributed by atoms with Gasteiger partial charge in [0.05, 0.1) is 13.2 Å². The molecule has 1 aliphatic carbocycles. The zero-order valence-electron chi connectivity index (χ0n) is 8.48. The van der Waals surface area contributed by atoms with Crippen molar-refractivity contribution in [2.45, 2.75) is 6.92 Å². The normalized spacial score (nSPS) is 37.0. The Kier molecular flexibility index (Phi) is 2.74. The van der Waals surface area contributed by atoms with Crippen molar-refractivity contribution in [1.29, 1.82) is 0 Å². The van der Waals surface area contributed by atoms with Crippen molar-refractivity contribution in [3.05, 3.63) is 0 Å². The van der Waals surface area contributed by atoms with E-state index in [4.69, 9.17) is 9.84 Å². The summed E-state index contributed by atoms with van der Waals surface area (Å²) in [6.07, 6.45) is 0. The third-order valence-electron chi connectivity index (χ3n) is 3.38. The summed E-state index contributed by atoms with van der Waals surface area (Å²) in [5.41, 5.74) is 0. The fourth-order valence-electron chi connectivity index (χ4n) is 2.23. The largest absolute Gasteiger partial charge is 0.396 e. The topological polar surface area (TPSA) is 49.8 Å². The van der Waals surface area contributed by atoms with Gasteiger partial charge in [-0.15, -0.1) is 0 Å². The molecule has 0 unspecified atom stereocenters. The van der Waals surface area contributed by atoms with Crippen LogP contribution < -0.4 is 0 Å². The van der Waals surface area contributed by atoms with Gasteiger partial charge in [-0.1, -0.05) is 6.92 Å². The first kappa shape index (κ1) is 9.93. The lowest BCUT2D eigenvalue weighted by Crippen LogP contribution is -2.42. The second kappa shape index (κ2) is 3.87. The Morgan fingerprint density at radius 2 is 2.14 bits per heavy atom. The van der Waals surface area contributed by atoms with Gasteiger partial charge in [-0.05, 0) is 11.8 Å².